The summed E-state index contributed by atoms with van der Waals surface area (Å²) in [5, 5.41) is 7.35. The van der Waals surface area contributed by atoms with Crippen molar-refractivity contribution >= 4 is 18.3 Å². The van der Waals surface area contributed by atoms with Crippen LogP contribution in [0.5, 0.6) is 0 Å². The predicted molar refractivity (Wildman–Crippen MR) is 84.2 cm³/mol. The summed E-state index contributed by atoms with van der Waals surface area (Å²) < 4.78 is 1.68. The van der Waals surface area contributed by atoms with E-state index in [9.17, 15) is 4.79 Å². The Kier molecular flexibility index (Phi) is 7.23. The van der Waals surface area contributed by atoms with Crippen molar-refractivity contribution in [3.63, 3.8) is 0 Å². The van der Waals surface area contributed by atoms with Gasteiger partial charge in [0.15, 0.2) is 0 Å². The zero-order valence-electron chi connectivity index (χ0n) is 13.1. The fraction of sp³-hybridized carbons (Fsp3) is 0.714. The van der Waals surface area contributed by atoms with E-state index in [1.165, 1.54) is 0 Å². The maximum atomic E-state index is 12.4. The number of nitrogens with two attached hydrogens (primary N) is 1. The van der Waals surface area contributed by atoms with Crippen LogP contribution < -0.4 is 11.1 Å². The van der Waals surface area contributed by atoms with Crippen molar-refractivity contribution in [3.8, 4) is 0 Å². The Morgan fingerprint density at radius 3 is 2.60 bits per heavy atom. The molecule has 116 valence electrons. The van der Waals surface area contributed by atoms with Crippen LogP contribution in [0.15, 0.2) is 6.20 Å². The number of rotatable bonds is 6. The first-order chi connectivity index (χ1) is 8.81. The molecule has 0 aromatic carbocycles. The zero-order chi connectivity index (χ0) is 14.6. The summed E-state index contributed by atoms with van der Waals surface area (Å²) >= 11 is 0. The van der Waals surface area contributed by atoms with Crippen LogP contribution in [0.25, 0.3) is 0 Å². The van der Waals surface area contributed by atoms with Gasteiger partial charge in [-0.1, -0.05) is 20.8 Å². The van der Waals surface area contributed by atoms with Crippen LogP contribution in [0.2, 0.25) is 0 Å². The van der Waals surface area contributed by atoms with Crippen LogP contribution in [0.4, 0.5) is 0 Å². The maximum absolute atomic E-state index is 12.4. The highest BCUT2D eigenvalue weighted by Crippen LogP contribution is 2.17. The van der Waals surface area contributed by atoms with Crippen LogP contribution in [-0.4, -0.2) is 27.8 Å². The van der Waals surface area contributed by atoms with E-state index in [-0.39, 0.29) is 23.9 Å². The molecule has 5 nitrogen and oxygen atoms in total. The molecule has 1 atom stereocenters. The van der Waals surface area contributed by atoms with Gasteiger partial charge >= 0.3 is 0 Å². The van der Waals surface area contributed by atoms with Crippen molar-refractivity contribution in [3.05, 3.63) is 17.5 Å². The van der Waals surface area contributed by atoms with Gasteiger partial charge in [-0.2, -0.15) is 5.10 Å². The number of nitrogens with one attached hydrogen (secondary N) is 1. The lowest BCUT2D eigenvalue weighted by Gasteiger charge is -2.31. The van der Waals surface area contributed by atoms with Gasteiger partial charge in [0.25, 0.3) is 5.91 Å². The van der Waals surface area contributed by atoms with Crippen molar-refractivity contribution in [2.24, 2.45) is 18.7 Å². The summed E-state index contributed by atoms with van der Waals surface area (Å²) in [7, 11) is 1.83. The van der Waals surface area contributed by atoms with Gasteiger partial charge in [0.1, 0.15) is 0 Å². The molecule has 20 heavy (non-hydrogen) atoms. The average Bonchev–Trinajstić information content (AvgIpc) is 2.69. The molecular formula is C14H27ClN4O. The molecule has 1 aromatic heterocycles. The first-order valence-electron chi connectivity index (χ1n) is 6.86. The minimum Gasteiger partial charge on any atom is -0.345 e. The quantitative estimate of drug-likeness (QED) is 0.843. The summed E-state index contributed by atoms with van der Waals surface area (Å²) in [4.78, 5) is 12.4. The Labute approximate surface area is 127 Å². The molecule has 1 rings (SSSR count). The Morgan fingerprint density at radius 1 is 1.55 bits per heavy atom. The first kappa shape index (κ1) is 18.9. The molecule has 3 N–H and O–H groups in total. The number of nitrogens with zero attached hydrogens (tertiary/aromatic N) is 2. The lowest BCUT2D eigenvalue weighted by molar-refractivity contribution is 0.0897. The third-order valence-electron chi connectivity index (χ3n) is 3.21. The molecule has 0 aliphatic rings. The van der Waals surface area contributed by atoms with Gasteiger partial charge in [-0.25, -0.2) is 0 Å². The Balaban J connectivity index is 0.00000361. The number of hydrogen-bond acceptors (Lipinski definition) is 3. The molecule has 0 radical (unpaired) electrons. The van der Waals surface area contributed by atoms with E-state index in [0.717, 1.165) is 18.5 Å². The average molecular weight is 303 g/mol. The molecule has 1 aromatic rings. The van der Waals surface area contributed by atoms with Crippen molar-refractivity contribution in [2.75, 3.05) is 6.54 Å². The molecule has 0 aliphatic carbocycles. The lowest BCUT2D eigenvalue weighted by atomic mass is 9.90. The highest BCUT2D eigenvalue weighted by molar-refractivity contribution is 5.95. The monoisotopic (exact) mass is 302 g/mol. The molecule has 0 aliphatic heterocycles. The van der Waals surface area contributed by atoms with Gasteiger partial charge in [0.05, 0.1) is 11.3 Å². The minimum atomic E-state index is -0.369. The molecule has 0 spiro atoms. The summed E-state index contributed by atoms with van der Waals surface area (Å²) in [6.07, 6.45) is 3.37. The normalized spacial score (nSPS) is 13.8. The Hall–Kier alpha value is -1.07. The van der Waals surface area contributed by atoms with E-state index >= 15 is 0 Å². The topological polar surface area (TPSA) is 72.9 Å². The molecular weight excluding hydrogens is 276 g/mol. The van der Waals surface area contributed by atoms with E-state index in [2.05, 4.69) is 24.3 Å². The van der Waals surface area contributed by atoms with Crippen LogP contribution in [0.1, 0.15) is 50.2 Å². The highest BCUT2D eigenvalue weighted by atomic mass is 35.5. The number of aromatic nitrogens is 2. The SMILES string of the molecule is CCc1nn(C)cc1C(=O)NC(C)(CN)CC(C)C.Cl. The fourth-order valence-corrected chi connectivity index (χ4v) is 2.41. The van der Waals surface area contributed by atoms with Gasteiger partial charge in [0, 0.05) is 25.3 Å². The zero-order valence-corrected chi connectivity index (χ0v) is 13.9. The Morgan fingerprint density at radius 2 is 2.15 bits per heavy atom. The van der Waals surface area contributed by atoms with E-state index < -0.39 is 0 Å². The van der Waals surface area contributed by atoms with E-state index in [0.29, 0.717) is 18.0 Å². The van der Waals surface area contributed by atoms with Crippen molar-refractivity contribution in [1.29, 1.82) is 0 Å². The number of carbonyl (C=O) groups is 1. The molecule has 0 saturated heterocycles. The van der Waals surface area contributed by atoms with Crippen molar-refractivity contribution in [2.45, 2.75) is 46.1 Å². The van der Waals surface area contributed by atoms with Crippen LogP contribution >= 0.6 is 12.4 Å². The smallest absolute Gasteiger partial charge is 0.255 e. The molecule has 6 heteroatoms. The summed E-state index contributed by atoms with van der Waals surface area (Å²) in [5.41, 5.74) is 6.92. The highest BCUT2D eigenvalue weighted by Gasteiger charge is 2.27. The summed E-state index contributed by atoms with van der Waals surface area (Å²) in [6, 6.07) is 0. The fourth-order valence-electron chi connectivity index (χ4n) is 2.41. The molecule has 1 heterocycles. The number of carbonyl (C=O) groups excluding carboxylic acids is 1. The lowest BCUT2D eigenvalue weighted by Crippen LogP contribution is -2.52. The van der Waals surface area contributed by atoms with Crippen molar-refractivity contribution < 1.29 is 4.79 Å². The number of halogens is 1. The summed E-state index contributed by atoms with van der Waals surface area (Å²) in [5.74, 6) is 0.395. The van der Waals surface area contributed by atoms with Crippen LogP contribution in [-0.2, 0) is 13.5 Å². The minimum absolute atomic E-state index is 0. The van der Waals surface area contributed by atoms with Gasteiger partial charge < -0.3 is 11.1 Å². The second kappa shape index (κ2) is 7.64. The summed E-state index contributed by atoms with van der Waals surface area (Å²) in [6.45, 7) is 8.67. The van der Waals surface area contributed by atoms with E-state index in [1.54, 1.807) is 10.9 Å². The maximum Gasteiger partial charge on any atom is 0.255 e. The number of aryl methyl sites for hydroxylation is 2. The largest absolute Gasteiger partial charge is 0.345 e. The Bertz CT molecular complexity index is 444. The third kappa shape index (κ3) is 4.80. The van der Waals surface area contributed by atoms with E-state index in [1.807, 2.05) is 20.9 Å². The second-order valence-corrected chi connectivity index (χ2v) is 5.83. The number of hydrogen-bond donors (Lipinski definition) is 2. The molecule has 1 amide bonds. The van der Waals surface area contributed by atoms with Crippen LogP contribution in [0.3, 0.4) is 0 Å². The van der Waals surface area contributed by atoms with Crippen LogP contribution in [0, 0.1) is 5.92 Å². The third-order valence-corrected chi connectivity index (χ3v) is 3.21. The second-order valence-electron chi connectivity index (χ2n) is 5.83. The predicted octanol–water partition coefficient (Wildman–Crippen LogP) is 1.90. The van der Waals surface area contributed by atoms with Gasteiger partial charge in [-0.3, -0.25) is 9.48 Å². The number of amides is 1. The molecule has 1 unspecified atom stereocenters. The van der Waals surface area contributed by atoms with E-state index in [4.69, 9.17) is 5.73 Å². The van der Waals surface area contributed by atoms with Gasteiger partial charge in [-0.05, 0) is 25.7 Å². The molecule has 0 saturated carbocycles. The molecule has 0 bridgehead atoms. The standard InChI is InChI=1S/C14H26N4O.ClH/c1-6-12-11(8-18(5)17-12)13(19)16-14(4,9-15)7-10(2)3;/h8,10H,6-7,9,15H2,1-5H3,(H,16,19);1H. The van der Waals surface area contributed by atoms with Gasteiger partial charge in [0.2, 0.25) is 0 Å². The van der Waals surface area contributed by atoms with Crippen molar-refractivity contribution in [1.82, 2.24) is 15.1 Å². The molecule has 0 fully saturated rings. The first-order valence-corrected chi connectivity index (χ1v) is 6.86. The van der Waals surface area contributed by atoms with Gasteiger partial charge in [-0.15, -0.1) is 12.4 Å².